The lowest BCUT2D eigenvalue weighted by Crippen LogP contribution is -2.02. The molecule has 0 bridgehead atoms. The number of rotatable bonds is 1. The van der Waals surface area contributed by atoms with Gasteiger partial charge in [-0.2, -0.15) is 10.4 Å². The smallest absolute Gasteiger partial charge is 0.135 e. The first kappa shape index (κ1) is 6.81. The molecule has 1 aromatic heterocycles. The number of aryl methyl sites for hydroxylation is 1. The lowest BCUT2D eigenvalue weighted by atomic mass is 10.4. The molecule has 0 amide bonds. The second-order valence-corrected chi connectivity index (χ2v) is 2.24. The summed E-state index contributed by atoms with van der Waals surface area (Å²) in [4.78, 5) is 0. The lowest BCUT2D eigenvalue weighted by molar-refractivity contribution is 0.586. The molecule has 0 fully saturated rings. The Labute approximate surface area is 59.9 Å². The summed E-state index contributed by atoms with van der Waals surface area (Å²) < 4.78 is 1.65. The van der Waals surface area contributed by atoms with E-state index in [1.165, 1.54) is 0 Å². The van der Waals surface area contributed by atoms with Crippen LogP contribution < -0.4 is 0 Å². The van der Waals surface area contributed by atoms with Gasteiger partial charge in [0.05, 0.1) is 11.8 Å². The van der Waals surface area contributed by atoms with Crippen LogP contribution in [0, 0.1) is 18.3 Å². The molecule has 0 aromatic carbocycles. The number of hydrogen-bond donors (Lipinski definition) is 0. The van der Waals surface area contributed by atoms with Crippen LogP contribution in [0.15, 0.2) is 12.3 Å². The zero-order chi connectivity index (χ0) is 7.56. The summed E-state index contributed by atoms with van der Waals surface area (Å²) in [5, 5.41) is 12.6. The fourth-order valence-corrected chi connectivity index (χ4v) is 0.708. The highest BCUT2D eigenvalue weighted by molar-refractivity contribution is 4.98. The minimum atomic E-state index is -0.159. The van der Waals surface area contributed by atoms with E-state index in [0.29, 0.717) is 0 Å². The van der Waals surface area contributed by atoms with Gasteiger partial charge >= 0.3 is 0 Å². The molecule has 0 radical (unpaired) electrons. The van der Waals surface area contributed by atoms with Crippen molar-refractivity contribution in [2.75, 3.05) is 0 Å². The Bertz CT molecular complexity index is 256. The van der Waals surface area contributed by atoms with Crippen molar-refractivity contribution in [3.63, 3.8) is 0 Å². The van der Waals surface area contributed by atoms with E-state index in [9.17, 15) is 0 Å². The molecule has 10 heavy (non-hydrogen) atoms. The van der Waals surface area contributed by atoms with Crippen molar-refractivity contribution in [2.24, 2.45) is 0 Å². The molecule has 3 nitrogen and oxygen atoms in total. The number of hydrogen-bond acceptors (Lipinski definition) is 2. The van der Waals surface area contributed by atoms with Crippen molar-refractivity contribution in [3.05, 3.63) is 18.0 Å². The Kier molecular flexibility index (Phi) is 1.72. The van der Waals surface area contributed by atoms with Crippen molar-refractivity contribution < 1.29 is 0 Å². The van der Waals surface area contributed by atoms with Crippen molar-refractivity contribution in [1.82, 2.24) is 9.78 Å². The standard InChI is InChI=1S/C7H9N3/c1-6-3-4-10(9-6)7(2)5-8/h3-4,7H,1-2H3. The van der Waals surface area contributed by atoms with E-state index in [4.69, 9.17) is 5.26 Å². The topological polar surface area (TPSA) is 41.6 Å². The Morgan fingerprint density at radius 2 is 2.50 bits per heavy atom. The minimum absolute atomic E-state index is 0.159. The second kappa shape index (κ2) is 2.53. The van der Waals surface area contributed by atoms with E-state index in [2.05, 4.69) is 11.2 Å². The largest absolute Gasteiger partial charge is 0.256 e. The molecule has 0 aliphatic heterocycles. The third kappa shape index (κ3) is 1.16. The molecule has 1 unspecified atom stereocenters. The summed E-state index contributed by atoms with van der Waals surface area (Å²) in [6.07, 6.45) is 1.81. The van der Waals surface area contributed by atoms with Crippen molar-refractivity contribution in [3.8, 4) is 6.07 Å². The molecule has 0 N–H and O–H groups in total. The van der Waals surface area contributed by atoms with Crippen LogP contribution in [0.1, 0.15) is 18.7 Å². The zero-order valence-corrected chi connectivity index (χ0v) is 6.07. The highest BCUT2D eigenvalue weighted by atomic mass is 15.3. The van der Waals surface area contributed by atoms with Gasteiger partial charge in [-0.3, -0.25) is 4.68 Å². The molecular weight excluding hydrogens is 126 g/mol. The first-order valence-electron chi connectivity index (χ1n) is 3.15. The Hall–Kier alpha value is -1.30. The van der Waals surface area contributed by atoms with Gasteiger partial charge in [0.1, 0.15) is 6.04 Å². The van der Waals surface area contributed by atoms with Crippen LogP contribution in [0.4, 0.5) is 0 Å². The maximum Gasteiger partial charge on any atom is 0.135 e. The maximum atomic E-state index is 8.49. The summed E-state index contributed by atoms with van der Waals surface area (Å²) in [6, 6.07) is 3.82. The van der Waals surface area contributed by atoms with Crippen LogP contribution in [-0.2, 0) is 0 Å². The summed E-state index contributed by atoms with van der Waals surface area (Å²) in [6.45, 7) is 3.72. The van der Waals surface area contributed by atoms with Gasteiger partial charge in [-0.05, 0) is 19.9 Å². The van der Waals surface area contributed by atoms with E-state index < -0.39 is 0 Å². The summed E-state index contributed by atoms with van der Waals surface area (Å²) in [5.41, 5.74) is 0.946. The minimum Gasteiger partial charge on any atom is -0.256 e. The highest BCUT2D eigenvalue weighted by Gasteiger charge is 2.00. The van der Waals surface area contributed by atoms with Gasteiger partial charge in [0.15, 0.2) is 0 Å². The Balaban J connectivity index is 2.87. The third-order valence-corrected chi connectivity index (χ3v) is 1.33. The van der Waals surface area contributed by atoms with Crippen molar-refractivity contribution in [2.45, 2.75) is 19.9 Å². The SMILES string of the molecule is Cc1ccn(C(C)C#N)n1. The van der Waals surface area contributed by atoms with Gasteiger partial charge in [-0.25, -0.2) is 0 Å². The molecule has 1 rings (SSSR count). The number of nitrogens with zero attached hydrogens (tertiary/aromatic N) is 3. The third-order valence-electron chi connectivity index (χ3n) is 1.33. The van der Waals surface area contributed by atoms with Crippen molar-refractivity contribution >= 4 is 0 Å². The average molecular weight is 135 g/mol. The van der Waals surface area contributed by atoms with E-state index in [1.807, 2.05) is 26.1 Å². The lowest BCUT2D eigenvalue weighted by Gasteiger charge is -1.99. The second-order valence-electron chi connectivity index (χ2n) is 2.24. The van der Waals surface area contributed by atoms with Gasteiger partial charge in [0.2, 0.25) is 0 Å². The molecule has 0 aliphatic carbocycles. The van der Waals surface area contributed by atoms with Crippen LogP contribution in [0.3, 0.4) is 0 Å². The van der Waals surface area contributed by atoms with Gasteiger partial charge < -0.3 is 0 Å². The Morgan fingerprint density at radius 1 is 1.80 bits per heavy atom. The van der Waals surface area contributed by atoms with Crippen LogP contribution in [0.5, 0.6) is 0 Å². The predicted octanol–water partition coefficient (Wildman–Crippen LogP) is 1.28. The monoisotopic (exact) mass is 135 g/mol. The number of aromatic nitrogens is 2. The fourth-order valence-electron chi connectivity index (χ4n) is 0.708. The molecule has 0 saturated carbocycles. The molecule has 0 aliphatic rings. The molecule has 1 atom stereocenters. The molecule has 0 saturated heterocycles. The molecule has 1 aromatic rings. The van der Waals surface area contributed by atoms with Gasteiger partial charge in [0.25, 0.3) is 0 Å². The van der Waals surface area contributed by atoms with Gasteiger partial charge in [-0.15, -0.1) is 0 Å². The highest BCUT2D eigenvalue weighted by Crippen LogP contribution is 2.02. The molecule has 3 heteroatoms. The van der Waals surface area contributed by atoms with Gasteiger partial charge in [0, 0.05) is 6.20 Å². The summed E-state index contributed by atoms with van der Waals surface area (Å²) >= 11 is 0. The van der Waals surface area contributed by atoms with Crippen molar-refractivity contribution in [1.29, 1.82) is 5.26 Å². The predicted molar refractivity (Wildman–Crippen MR) is 37.3 cm³/mol. The zero-order valence-electron chi connectivity index (χ0n) is 6.07. The quantitative estimate of drug-likeness (QED) is 0.582. The van der Waals surface area contributed by atoms with E-state index >= 15 is 0 Å². The van der Waals surface area contributed by atoms with Crippen LogP contribution in [-0.4, -0.2) is 9.78 Å². The summed E-state index contributed by atoms with van der Waals surface area (Å²) in [7, 11) is 0. The van der Waals surface area contributed by atoms with E-state index in [0.717, 1.165) is 5.69 Å². The van der Waals surface area contributed by atoms with E-state index in [1.54, 1.807) is 4.68 Å². The first-order valence-corrected chi connectivity index (χ1v) is 3.15. The average Bonchev–Trinajstić information content (AvgIpc) is 2.34. The van der Waals surface area contributed by atoms with Gasteiger partial charge in [-0.1, -0.05) is 0 Å². The van der Waals surface area contributed by atoms with Crippen LogP contribution >= 0.6 is 0 Å². The number of nitriles is 1. The first-order chi connectivity index (χ1) is 4.74. The molecule has 0 spiro atoms. The molecular formula is C7H9N3. The fraction of sp³-hybridized carbons (Fsp3) is 0.429. The Morgan fingerprint density at radius 3 is 2.90 bits per heavy atom. The molecule has 1 heterocycles. The van der Waals surface area contributed by atoms with Crippen LogP contribution in [0.2, 0.25) is 0 Å². The summed E-state index contributed by atoms with van der Waals surface area (Å²) in [5.74, 6) is 0. The maximum absolute atomic E-state index is 8.49. The van der Waals surface area contributed by atoms with E-state index in [-0.39, 0.29) is 6.04 Å². The van der Waals surface area contributed by atoms with Crippen LogP contribution in [0.25, 0.3) is 0 Å². The molecule has 52 valence electrons. The normalized spacial score (nSPS) is 12.5.